The number of sulfonamides is 1. The summed E-state index contributed by atoms with van der Waals surface area (Å²) in [7, 11) is -0.715. The number of nitrogens with two attached hydrogens (primary N) is 1. The molecule has 25 heavy (non-hydrogen) atoms. The molecule has 0 bridgehead atoms. The van der Waals surface area contributed by atoms with Crippen molar-refractivity contribution < 1.29 is 22.7 Å². The highest BCUT2D eigenvalue weighted by Gasteiger charge is 2.35. The molecule has 1 unspecified atom stereocenters. The molecule has 1 atom stereocenters. The molecule has 1 aromatic carbocycles. The molecule has 1 aromatic rings. The number of hydrogen-bond acceptors (Lipinski definition) is 6. The van der Waals surface area contributed by atoms with Crippen molar-refractivity contribution >= 4 is 21.6 Å². The maximum Gasteiger partial charge on any atom is 0.254 e. The van der Waals surface area contributed by atoms with Gasteiger partial charge in [0, 0.05) is 18.7 Å². The van der Waals surface area contributed by atoms with Crippen LogP contribution in [0.1, 0.15) is 23.7 Å². The van der Waals surface area contributed by atoms with Crippen LogP contribution >= 0.6 is 0 Å². The Morgan fingerprint density at radius 3 is 2.52 bits per heavy atom. The summed E-state index contributed by atoms with van der Waals surface area (Å²) in [6, 6.07) is 3.01. The number of amides is 1. The third-order valence-corrected chi connectivity index (χ3v) is 4.95. The maximum absolute atomic E-state index is 12.8. The van der Waals surface area contributed by atoms with Crippen LogP contribution in [0.3, 0.4) is 0 Å². The Labute approximate surface area is 148 Å². The topological polar surface area (TPSA) is 111 Å². The number of nitrogens with one attached hydrogen (secondary N) is 1. The number of benzene rings is 1. The molecule has 1 amide bonds. The second kappa shape index (κ2) is 7.09. The Morgan fingerprint density at radius 1 is 1.36 bits per heavy atom. The normalized spacial score (nSPS) is 20.4. The fraction of sp³-hybridized carbons (Fsp3) is 0.562. The van der Waals surface area contributed by atoms with E-state index < -0.39 is 10.0 Å². The summed E-state index contributed by atoms with van der Waals surface area (Å²) in [4.78, 5) is 14.6. The number of hydrogen-bond donors (Lipinski definition) is 2. The molecule has 0 radical (unpaired) electrons. The van der Waals surface area contributed by atoms with E-state index in [0.717, 1.165) is 12.7 Å². The lowest BCUT2D eigenvalue weighted by atomic mass is 9.90. The molecule has 1 aliphatic heterocycles. The van der Waals surface area contributed by atoms with Gasteiger partial charge in [-0.05, 0) is 30.5 Å². The van der Waals surface area contributed by atoms with E-state index in [4.69, 9.17) is 15.2 Å². The highest BCUT2D eigenvalue weighted by atomic mass is 32.2. The summed E-state index contributed by atoms with van der Waals surface area (Å²) >= 11 is 0. The van der Waals surface area contributed by atoms with E-state index in [-0.39, 0.29) is 28.5 Å². The van der Waals surface area contributed by atoms with Gasteiger partial charge in [-0.3, -0.25) is 9.52 Å². The van der Waals surface area contributed by atoms with Gasteiger partial charge in [-0.2, -0.15) is 0 Å². The van der Waals surface area contributed by atoms with Gasteiger partial charge in [0.15, 0.2) is 11.5 Å². The van der Waals surface area contributed by atoms with Crippen molar-refractivity contribution in [2.45, 2.75) is 13.3 Å². The van der Waals surface area contributed by atoms with Crippen molar-refractivity contribution in [1.29, 1.82) is 0 Å². The largest absolute Gasteiger partial charge is 0.493 e. The van der Waals surface area contributed by atoms with Gasteiger partial charge in [-0.25, -0.2) is 8.42 Å². The van der Waals surface area contributed by atoms with E-state index in [2.05, 4.69) is 4.72 Å². The lowest BCUT2D eigenvalue weighted by Crippen LogP contribution is -2.34. The lowest BCUT2D eigenvalue weighted by Gasteiger charge is -2.23. The number of ether oxygens (including phenoxy) is 2. The average Bonchev–Trinajstić information content (AvgIpc) is 2.95. The van der Waals surface area contributed by atoms with Crippen LogP contribution in [0.4, 0.5) is 5.69 Å². The zero-order chi connectivity index (χ0) is 18.8. The summed E-state index contributed by atoms with van der Waals surface area (Å²) < 4.78 is 36.1. The van der Waals surface area contributed by atoms with E-state index in [1.807, 2.05) is 6.92 Å². The van der Waals surface area contributed by atoms with Crippen LogP contribution < -0.4 is 19.9 Å². The molecular weight excluding hydrogens is 346 g/mol. The van der Waals surface area contributed by atoms with E-state index in [9.17, 15) is 13.2 Å². The molecule has 3 N–H and O–H groups in total. The minimum Gasteiger partial charge on any atom is -0.493 e. The van der Waals surface area contributed by atoms with E-state index in [1.165, 1.54) is 20.3 Å². The predicted octanol–water partition coefficient (Wildman–Crippen LogP) is 0.886. The van der Waals surface area contributed by atoms with E-state index in [1.54, 1.807) is 11.0 Å². The Hall–Kier alpha value is -2.00. The standard InChI is InChI=1S/C16H25N3O5S/c1-16(9-17)5-6-19(10-16)15(20)11-7-12(18-25(4,21)22)14(24-3)13(8-11)23-2/h7-8,18H,5-6,9-10,17H2,1-4H3. The lowest BCUT2D eigenvalue weighted by molar-refractivity contribution is 0.0776. The molecule has 0 aromatic heterocycles. The fourth-order valence-corrected chi connectivity index (χ4v) is 3.46. The van der Waals surface area contributed by atoms with Crippen molar-refractivity contribution in [1.82, 2.24) is 4.90 Å². The van der Waals surface area contributed by atoms with Gasteiger partial charge < -0.3 is 20.1 Å². The quantitative estimate of drug-likeness (QED) is 0.768. The minimum atomic E-state index is -3.55. The van der Waals surface area contributed by atoms with Crippen LogP contribution in [0.25, 0.3) is 0 Å². The van der Waals surface area contributed by atoms with Gasteiger partial charge in [0.1, 0.15) is 0 Å². The van der Waals surface area contributed by atoms with Gasteiger partial charge in [-0.15, -0.1) is 0 Å². The molecule has 0 saturated carbocycles. The molecule has 1 aliphatic rings. The molecule has 8 nitrogen and oxygen atoms in total. The number of likely N-dealkylation sites (tertiary alicyclic amines) is 1. The Morgan fingerprint density at radius 2 is 2.04 bits per heavy atom. The summed E-state index contributed by atoms with van der Waals surface area (Å²) in [5, 5.41) is 0. The SMILES string of the molecule is COc1cc(C(=O)N2CCC(C)(CN)C2)cc(NS(C)(=O)=O)c1OC. The van der Waals surface area contributed by atoms with Gasteiger partial charge >= 0.3 is 0 Å². The average molecular weight is 371 g/mol. The zero-order valence-corrected chi connectivity index (χ0v) is 15.8. The second-order valence-corrected chi connectivity index (χ2v) is 8.37. The molecule has 2 rings (SSSR count). The highest BCUT2D eigenvalue weighted by molar-refractivity contribution is 7.92. The summed E-state index contributed by atoms with van der Waals surface area (Å²) in [6.45, 7) is 3.72. The number of carbonyl (C=O) groups is 1. The maximum atomic E-state index is 12.8. The van der Waals surface area contributed by atoms with Crippen LogP contribution in [-0.4, -0.2) is 59.3 Å². The Balaban J connectivity index is 2.41. The van der Waals surface area contributed by atoms with E-state index in [0.29, 0.717) is 25.2 Å². The third-order valence-electron chi connectivity index (χ3n) is 4.36. The number of carbonyl (C=O) groups excluding carboxylic acids is 1. The first kappa shape index (κ1) is 19.3. The van der Waals surface area contributed by atoms with Crippen molar-refractivity contribution in [3.05, 3.63) is 17.7 Å². The number of anilines is 1. The first-order valence-corrected chi connectivity index (χ1v) is 9.75. The van der Waals surface area contributed by atoms with Crippen LogP contribution in [0.15, 0.2) is 12.1 Å². The van der Waals surface area contributed by atoms with Crippen LogP contribution in [0.2, 0.25) is 0 Å². The predicted molar refractivity (Wildman–Crippen MR) is 95.7 cm³/mol. The summed E-state index contributed by atoms with van der Waals surface area (Å²) in [5.74, 6) is 0.299. The smallest absolute Gasteiger partial charge is 0.254 e. The molecule has 140 valence electrons. The summed E-state index contributed by atoms with van der Waals surface area (Å²) in [6.07, 6.45) is 1.86. The van der Waals surface area contributed by atoms with Crippen LogP contribution in [0.5, 0.6) is 11.5 Å². The monoisotopic (exact) mass is 371 g/mol. The van der Waals surface area contributed by atoms with Crippen LogP contribution in [0, 0.1) is 5.41 Å². The van der Waals surface area contributed by atoms with Gasteiger partial charge in [0.2, 0.25) is 10.0 Å². The first-order chi connectivity index (χ1) is 11.6. The van der Waals surface area contributed by atoms with Gasteiger partial charge in [0.25, 0.3) is 5.91 Å². The highest BCUT2D eigenvalue weighted by Crippen LogP contribution is 2.38. The number of methoxy groups -OCH3 is 2. The Bertz CT molecular complexity index is 765. The third kappa shape index (κ3) is 4.35. The minimum absolute atomic E-state index is 0.0972. The first-order valence-electron chi connectivity index (χ1n) is 7.85. The molecule has 9 heteroatoms. The molecule has 1 saturated heterocycles. The van der Waals surface area contributed by atoms with Gasteiger partial charge in [0.05, 0.1) is 26.2 Å². The molecular formula is C16H25N3O5S. The van der Waals surface area contributed by atoms with Crippen molar-refractivity contribution in [3.63, 3.8) is 0 Å². The van der Waals surface area contributed by atoms with Gasteiger partial charge in [-0.1, -0.05) is 6.92 Å². The Kier molecular flexibility index (Phi) is 5.48. The van der Waals surface area contributed by atoms with E-state index >= 15 is 0 Å². The molecule has 1 heterocycles. The molecule has 1 fully saturated rings. The van der Waals surface area contributed by atoms with Crippen LogP contribution in [-0.2, 0) is 10.0 Å². The second-order valence-electron chi connectivity index (χ2n) is 6.63. The molecule has 0 aliphatic carbocycles. The fourth-order valence-electron chi connectivity index (χ4n) is 2.91. The van der Waals surface area contributed by atoms with Crippen molar-refractivity contribution in [2.75, 3.05) is 44.8 Å². The zero-order valence-electron chi connectivity index (χ0n) is 15.0. The van der Waals surface area contributed by atoms with Crippen molar-refractivity contribution in [3.8, 4) is 11.5 Å². The number of rotatable bonds is 6. The molecule has 0 spiro atoms. The summed E-state index contributed by atoms with van der Waals surface area (Å²) in [5.41, 5.74) is 6.18. The van der Waals surface area contributed by atoms with Crippen molar-refractivity contribution in [2.24, 2.45) is 11.1 Å². The number of nitrogens with zero attached hydrogens (tertiary/aromatic N) is 1.